The minimum atomic E-state index is 1.11. The van der Waals surface area contributed by atoms with Crippen LogP contribution in [0.25, 0.3) is 71.3 Å². The first-order valence-corrected chi connectivity index (χ1v) is 17.9. The molecule has 1 heterocycles. The van der Waals surface area contributed by atoms with E-state index in [1.807, 2.05) is 0 Å². The first-order valence-electron chi connectivity index (χ1n) is 17.9. The molecule has 0 saturated heterocycles. The van der Waals surface area contributed by atoms with Gasteiger partial charge in [-0.05, 0) is 93.0 Å². The number of hydrogen-bond acceptors (Lipinski definition) is 1. The second-order valence-electron chi connectivity index (χ2n) is 13.4. The van der Waals surface area contributed by atoms with E-state index < -0.39 is 0 Å². The first-order chi connectivity index (χ1) is 25.8. The fourth-order valence-corrected chi connectivity index (χ4v) is 7.88. The molecule has 1 aromatic heterocycles. The summed E-state index contributed by atoms with van der Waals surface area (Å²) in [6.07, 6.45) is 0. The van der Waals surface area contributed by atoms with E-state index in [0.717, 1.165) is 22.7 Å². The zero-order chi connectivity index (χ0) is 34.4. The number of nitrogens with zero attached hydrogens (tertiary/aromatic N) is 2. The molecule has 0 fully saturated rings. The Morgan fingerprint density at radius 3 is 1.63 bits per heavy atom. The van der Waals surface area contributed by atoms with Crippen LogP contribution in [0, 0.1) is 0 Å². The molecule has 52 heavy (non-hydrogen) atoms. The molecule has 9 aromatic carbocycles. The Morgan fingerprint density at radius 2 is 0.865 bits per heavy atom. The van der Waals surface area contributed by atoms with Crippen molar-refractivity contribution in [2.45, 2.75) is 0 Å². The smallest absolute Gasteiger partial charge is 0.0568 e. The van der Waals surface area contributed by atoms with Crippen LogP contribution >= 0.6 is 0 Å². The molecule has 10 rings (SSSR count). The van der Waals surface area contributed by atoms with Gasteiger partial charge in [0.05, 0.1) is 16.7 Å². The Morgan fingerprint density at radius 1 is 0.327 bits per heavy atom. The molecule has 0 radical (unpaired) electrons. The zero-order valence-electron chi connectivity index (χ0n) is 28.5. The lowest BCUT2D eigenvalue weighted by Crippen LogP contribution is -2.10. The molecule has 0 unspecified atom stereocenters. The summed E-state index contributed by atoms with van der Waals surface area (Å²) in [5.41, 5.74) is 11.7. The van der Waals surface area contributed by atoms with Crippen LogP contribution < -0.4 is 4.90 Å². The number of aromatic nitrogens is 1. The molecule has 0 saturated carbocycles. The van der Waals surface area contributed by atoms with Gasteiger partial charge < -0.3 is 9.47 Å². The first kappa shape index (κ1) is 30.0. The van der Waals surface area contributed by atoms with Crippen molar-refractivity contribution in [3.05, 3.63) is 206 Å². The van der Waals surface area contributed by atoms with Gasteiger partial charge in [-0.1, -0.05) is 152 Å². The molecule has 0 aliphatic carbocycles. The highest BCUT2D eigenvalue weighted by atomic mass is 15.1. The van der Waals surface area contributed by atoms with E-state index in [4.69, 9.17) is 0 Å². The number of hydrogen-bond donors (Lipinski definition) is 0. The number of para-hydroxylation sites is 2. The molecule has 0 spiro atoms. The van der Waals surface area contributed by atoms with Crippen LogP contribution in [0.4, 0.5) is 17.1 Å². The van der Waals surface area contributed by atoms with Crippen LogP contribution in [0.15, 0.2) is 206 Å². The maximum atomic E-state index is 2.44. The fraction of sp³-hybridized carbons (Fsp3) is 0. The number of anilines is 3. The Kier molecular flexibility index (Phi) is 7.18. The van der Waals surface area contributed by atoms with Crippen molar-refractivity contribution in [2.24, 2.45) is 0 Å². The predicted molar refractivity (Wildman–Crippen MR) is 221 cm³/mol. The molecule has 2 nitrogen and oxygen atoms in total. The molecule has 0 N–H and O–H groups in total. The molecule has 244 valence electrons. The number of rotatable bonds is 6. The molecule has 0 bridgehead atoms. The molecule has 2 heteroatoms. The third-order valence-electron chi connectivity index (χ3n) is 10.4. The van der Waals surface area contributed by atoms with Gasteiger partial charge in [-0.2, -0.15) is 0 Å². The van der Waals surface area contributed by atoms with Crippen LogP contribution in [0.1, 0.15) is 0 Å². The molecule has 0 aliphatic heterocycles. The molecule has 0 amide bonds. The standard InChI is InChI=1S/C50H34N2/c1-3-13-35(14-4-1)37-25-29-42(30-26-37)51(41-17-5-2-6-18-41)48-34-49-50(45-20-10-9-19-44(45)48)46-21-11-12-22-47(46)52(49)43-31-27-38(28-32-43)40-24-23-36-15-7-8-16-39(36)33-40/h1-34H. The summed E-state index contributed by atoms with van der Waals surface area (Å²) in [6, 6.07) is 74.7. The van der Waals surface area contributed by atoms with Gasteiger partial charge in [0.15, 0.2) is 0 Å². The van der Waals surface area contributed by atoms with Crippen LogP contribution in [0.3, 0.4) is 0 Å². The minimum Gasteiger partial charge on any atom is -0.310 e. The van der Waals surface area contributed by atoms with Crippen molar-refractivity contribution in [3.63, 3.8) is 0 Å². The summed E-state index contributed by atoms with van der Waals surface area (Å²) < 4.78 is 2.44. The van der Waals surface area contributed by atoms with Crippen molar-refractivity contribution >= 4 is 60.4 Å². The van der Waals surface area contributed by atoms with Gasteiger partial charge in [0.25, 0.3) is 0 Å². The zero-order valence-corrected chi connectivity index (χ0v) is 28.5. The van der Waals surface area contributed by atoms with E-state index in [1.54, 1.807) is 0 Å². The van der Waals surface area contributed by atoms with E-state index in [2.05, 4.69) is 216 Å². The second kappa shape index (κ2) is 12.5. The van der Waals surface area contributed by atoms with Crippen LogP contribution in [0.2, 0.25) is 0 Å². The van der Waals surface area contributed by atoms with Crippen LogP contribution in [-0.2, 0) is 0 Å². The summed E-state index contributed by atoms with van der Waals surface area (Å²) in [5, 5.41) is 7.47. The number of fused-ring (bicyclic) bond motifs is 6. The van der Waals surface area contributed by atoms with Crippen molar-refractivity contribution in [2.75, 3.05) is 4.90 Å². The van der Waals surface area contributed by atoms with Crippen molar-refractivity contribution < 1.29 is 0 Å². The van der Waals surface area contributed by atoms with E-state index in [-0.39, 0.29) is 0 Å². The predicted octanol–water partition coefficient (Wildman–Crippen LogP) is 13.9. The monoisotopic (exact) mass is 662 g/mol. The third-order valence-corrected chi connectivity index (χ3v) is 10.4. The molecular formula is C50H34N2. The molecule has 0 atom stereocenters. The van der Waals surface area contributed by atoms with Gasteiger partial charge in [-0.15, -0.1) is 0 Å². The molecule has 0 aliphatic rings. The highest BCUT2D eigenvalue weighted by Crippen LogP contribution is 2.45. The van der Waals surface area contributed by atoms with Gasteiger partial charge in [0.1, 0.15) is 0 Å². The lowest BCUT2D eigenvalue weighted by Gasteiger charge is -2.27. The van der Waals surface area contributed by atoms with E-state index in [9.17, 15) is 0 Å². The van der Waals surface area contributed by atoms with Gasteiger partial charge in [0.2, 0.25) is 0 Å². The quantitative estimate of drug-likeness (QED) is 0.172. The fourth-order valence-electron chi connectivity index (χ4n) is 7.88. The summed E-state index contributed by atoms with van der Waals surface area (Å²) in [5.74, 6) is 0. The Balaban J connectivity index is 1.19. The Hall–Kier alpha value is -6.90. The summed E-state index contributed by atoms with van der Waals surface area (Å²) >= 11 is 0. The summed E-state index contributed by atoms with van der Waals surface area (Å²) in [4.78, 5) is 2.40. The average Bonchev–Trinajstić information content (AvgIpc) is 3.56. The van der Waals surface area contributed by atoms with Crippen LogP contribution in [0.5, 0.6) is 0 Å². The normalized spacial score (nSPS) is 11.5. The van der Waals surface area contributed by atoms with Gasteiger partial charge in [-0.3, -0.25) is 0 Å². The van der Waals surface area contributed by atoms with Crippen LogP contribution in [-0.4, -0.2) is 4.57 Å². The van der Waals surface area contributed by atoms with Gasteiger partial charge in [-0.25, -0.2) is 0 Å². The lowest BCUT2D eigenvalue weighted by molar-refractivity contribution is 1.18. The van der Waals surface area contributed by atoms with Gasteiger partial charge >= 0.3 is 0 Å². The Labute approximate surface area is 303 Å². The van der Waals surface area contributed by atoms with E-state index >= 15 is 0 Å². The van der Waals surface area contributed by atoms with Crippen molar-refractivity contribution in [1.82, 2.24) is 4.57 Å². The van der Waals surface area contributed by atoms with Crippen molar-refractivity contribution in [3.8, 4) is 27.9 Å². The van der Waals surface area contributed by atoms with E-state index in [1.165, 1.54) is 65.6 Å². The highest BCUT2D eigenvalue weighted by molar-refractivity contribution is 6.24. The highest BCUT2D eigenvalue weighted by Gasteiger charge is 2.21. The summed E-state index contributed by atoms with van der Waals surface area (Å²) in [7, 11) is 0. The maximum Gasteiger partial charge on any atom is 0.0568 e. The second-order valence-corrected chi connectivity index (χ2v) is 13.4. The molecule has 10 aromatic rings. The summed E-state index contributed by atoms with van der Waals surface area (Å²) in [6.45, 7) is 0. The molecular weight excluding hydrogens is 629 g/mol. The topological polar surface area (TPSA) is 8.17 Å². The Bertz CT molecular complexity index is 2870. The third kappa shape index (κ3) is 5.04. The minimum absolute atomic E-state index is 1.11. The average molecular weight is 663 g/mol. The van der Waals surface area contributed by atoms with Crippen molar-refractivity contribution in [1.29, 1.82) is 0 Å². The van der Waals surface area contributed by atoms with E-state index in [0.29, 0.717) is 0 Å². The maximum absolute atomic E-state index is 2.44. The number of benzene rings is 9. The largest absolute Gasteiger partial charge is 0.310 e. The SMILES string of the molecule is c1ccc(-c2ccc(N(c3ccccc3)c3cc4c(c5ccccc35)c3ccccc3n4-c3ccc(-c4ccc5ccccc5c4)cc3)cc2)cc1. The lowest BCUT2D eigenvalue weighted by atomic mass is 10.00. The van der Waals surface area contributed by atoms with Gasteiger partial charge in [0, 0.05) is 33.2 Å².